The number of benzene rings is 1. The summed E-state index contributed by atoms with van der Waals surface area (Å²) in [5, 5.41) is 11.4. The van der Waals surface area contributed by atoms with Gasteiger partial charge in [-0.05, 0) is 18.1 Å². The molecule has 0 spiro atoms. The first kappa shape index (κ1) is 15.8. The van der Waals surface area contributed by atoms with E-state index in [9.17, 15) is 9.59 Å². The van der Waals surface area contributed by atoms with E-state index in [-0.39, 0.29) is 24.8 Å². The minimum absolute atomic E-state index is 0.00945. The van der Waals surface area contributed by atoms with Gasteiger partial charge in [-0.15, -0.1) is 0 Å². The number of amides is 1. The van der Waals surface area contributed by atoms with Crippen molar-refractivity contribution in [1.82, 2.24) is 5.32 Å². The highest BCUT2D eigenvalue weighted by molar-refractivity contribution is 5.97. The van der Waals surface area contributed by atoms with Crippen LogP contribution in [0.1, 0.15) is 23.7 Å². The summed E-state index contributed by atoms with van der Waals surface area (Å²) in [6.07, 6.45) is 0.00945. The molecule has 1 aromatic rings. The van der Waals surface area contributed by atoms with Crippen molar-refractivity contribution in [3.8, 4) is 11.5 Å². The molecule has 0 radical (unpaired) electrons. The van der Waals surface area contributed by atoms with Gasteiger partial charge >= 0.3 is 5.97 Å². The number of rotatable bonds is 7. The Kier molecular flexibility index (Phi) is 5.83. The summed E-state index contributed by atoms with van der Waals surface area (Å²) in [6, 6.07) is 5.01. The minimum atomic E-state index is -0.884. The predicted octanol–water partition coefficient (Wildman–Crippen LogP) is 1.54. The van der Waals surface area contributed by atoms with E-state index in [0.29, 0.717) is 17.1 Å². The molecule has 0 saturated carbocycles. The molecule has 0 aromatic heterocycles. The van der Waals surface area contributed by atoms with Crippen molar-refractivity contribution in [2.24, 2.45) is 5.92 Å². The Bertz CT molecular complexity index is 486. The maximum Gasteiger partial charge on any atom is 0.303 e. The molecular weight excluding hydrogens is 262 g/mol. The molecule has 0 saturated heterocycles. The number of methoxy groups -OCH3 is 2. The van der Waals surface area contributed by atoms with Crippen LogP contribution >= 0.6 is 0 Å². The number of aliphatic carboxylic acids is 1. The molecule has 20 heavy (non-hydrogen) atoms. The second-order valence-corrected chi connectivity index (χ2v) is 4.45. The average Bonchev–Trinajstić information content (AvgIpc) is 2.42. The van der Waals surface area contributed by atoms with Crippen LogP contribution < -0.4 is 14.8 Å². The normalized spacial score (nSPS) is 11.6. The van der Waals surface area contributed by atoms with Crippen LogP contribution in [-0.4, -0.2) is 37.7 Å². The van der Waals surface area contributed by atoms with Gasteiger partial charge in [-0.1, -0.05) is 13.0 Å². The number of hydrogen-bond donors (Lipinski definition) is 2. The van der Waals surface area contributed by atoms with Crippen molar-refractivity contribution in [3.63, 3.8) is 0 Å². The van der Waals surface area contributed by atoms with Crippen LogP contribution in [0.4, 0.5) is 0 Å². The third kappa shape index (κ3) is 4.15. The van der Waals surface area contributed by atoms with Crippen molar-refractivity contribution in [2.75, 3.05) is 20.8 Å². The number of carboxylic acids is 1. The van der Waals surface area contributed by atoms with E-state index in [1.165, 1.54) is 14.2 Å². The zero-order chi connectivity index (χ0) is 15.1. The van der Waals surface area contributed by atoms with Crippen LogP contribution in [0.3, 0.4) is 0 Å². The first-order valence-electron chi connectivity index (χ1n) is 6.20. The fourth-order valence-corrected chi connectivity index (χ4v) is 1.80. The maximum absolute atomic E-state index is 12.1. The van der Waals surface area contributed by atoms with Crippen LogP contribution in [0.2, 0.25) is 0 Å². The van der Waals surface area contributed by atoms with Crippen LogP contribution in [0.25, 0.3) is 0 Å². The fourth-order valence-electron chi connectivity index (χ4n) is 1.80. The molecule has 6 nitrogen and oxygen atoms in total. The zero-order valence-corrected chi connectivity index (χ0v) is 11.8. The van der Waals surface area contributed by atoms with Crippen LogP contribution in [-0.2, 0) is 4.79 Å². The average molecular weight is 281 g/mol. The van der Waals surface area contributed by atoms with E-state index in [1.54, 1.807) is 25.1 Å². The van der Waals surface area contributed by atoms with Gasteiger partial charge in [-0.3, -0.25) is 9.59 Å². The molecule has 1 rings (SSSR count). The van der Waals surface area contributed by atoms with Crippen LogP contribution in [0.15, 0.2) is 18.2 Å². The van der Waals surface area contributed by atoms with Crippen LogP contribution in [0.5, 0.6) is 11.5 Å². The summed E-state index contributed by atoms with van der Waals surface area (Å²) in [5.41, 5.74) is 0.356. The number of carboxylic acid groups (broad SMARTS) is 1. The lowest BCUT2D eigenvalue weighted by Gasteiger charge is -2.14. The van der Waals surface area contributed by atoms with E-state index in [0.717, 1.165) is 0 Å². The van der Waals surface area contributed by atoms with Crippen molar-refractivity contribution in [2.45, 2.75) is 13.3 Å². The molecule has 0 aliphatic heterocycles. The number of carbonyl (C=O) groups excluding carboxylic acids is 1. The molecule has 0 aliphatic rings. The van der Waals surface area contributed by atoms with Gasteiger partial charge < -0.3 is 19.9 Å². The molecule has 0 aliphatic carbocycles. The summed E-state index contributed by atoms with van der Waals surface area (Å²) in [6.45, 7) is 2.04. The Balaban J connectivity index is 2.75. The zero-order valence-electron chi connectivity index (χ0n) is 11.8. The minimum Gasteiger partial charge on any atom is -0.493 e. The van der Waals surface area contributed by atoms with E-state index < -0.39 is 5.97 Å². The van der Waals surface area contributed by atoms with Gasteiger partial charge in [0.25, 0.3) is 5.91 Å². The monoisotopic (exact) mass is 281 g/mol. The SMILES string of the molecule is COc1cccc(C(=O)NCC(C)CC(=O)O)c1OC. The van der Waals surface area contributed by atoms with E-state index in [2.05, 4.69) is 5.32 Å². The van der Waals surface area contributed by atoms with Gasteiger partial charge in [0.15, 0.2) is 11.5 Å². The summed E-state index contributed by atoms with van der Waals surface area (Å²) in [5.74, 6) is -0.520. The molecule has 0 fully saturated rings. The van der Waals surface area contributed by atoms with E-state index in [1.807, 2.05) is 0 Å². The largest absolute Gasteiger partial charge is 0.493 e. The Labute approximate surface area is 117 Å². The van der Waals surface area contributed by atoms with Gasteiger partial charge in [0, 0.05) is 13.0 Å². The Hall–Kier alpha value is -2.24. The van der Waals surface area contributed by atoms with Gasteiger partial charge in [-0.2, -0.15) is 0 Å². The molecule has 2 N–H and O–H groups in total. The Morgan fingerprint density at radius 2 is 2.00 bits per heavy atom. The smallest absolute Gasteiger partial charge is 0.303 e. The van der Waals surface area contributed by atoms with Crippen molar-refractivity contribution in [1.29, 1.82) is 0 Å². The highest BCUT2D eigenvalue weighted by Gasteiger charge is 2.17. The van der Waals surface area contributed by atoms with Gasteiger partial charge in [0.05, 0.1) is 19.8 Å². The van der Waals surface area contributed by atoms with Crippen molar-refractivity contribution in [3.05, 3.63) is 23.8 Å². The topological polar surface area (TPSA) is 84.9 Å². The Morgan fingerprint density at radius 1 is 1.30 bits per heavy atom. The molecule has 1 unspecified atom stereocenters. The number of ether oxygens (including phenoxy) is 2. The highest BCUT2D eigenvalue weighted by Crippen LogP contribution is 2.30. The molecule has 1 atom stereocenters. The van der Waals surface area contributed by atoms with E-state index >= 15 is 0 Å². The molecule has 0 heterocycles. The first-order valence-corrected chi connectivity index (χ1v) is 6.20. The van der Waals surface area contributed by atoms with Gasteiger partial charge in [0.2, 0.25) is 0 Å². The number of para-hydroxylation sites is 1. The summed E-state index contributed by atoms with van der Waals surface area (Å²) < 4.78 is 10.3. The second-order valence-electron chi connectivity index (χ2n) is 4.45. The number of carbonyl (C=O) groups is 2. The second kappa shape index (κ2) is 7.37. The van der Waals surface area contributed by atoms with Gasteiger partial charge in [0.1, 0.15) is 0 Å². The lowest BCUT2D eigenvalue weighted by molar-refractivity contribution is -0.137. The Morgan fingerprint density at radius 3 is 2.55 bits per heavy atom. The molecule has 1 aromatic carbocycles. The van der Waals surface area contributed by atoms with Gasteiger partial charge in [-0.25, -0.2) is 0 Å². The quantitative estimate of drug-likeness (QED) is 0.792. The number of hydrogen-bond acceptors (Lipinski definition) is 4. The summed E-state index contributed by atoms with van der Waals surface area (Å²) in [7, 11) is 2.95. The maximum atomic E-state index is 12.1. The lowest BCUT2D eigenvalue weighted by Crippen LogP contribution is -2.29. The fraction of sp³-hybridized carbons (Fsp3) is 0.429. The van der Waals surface area contributed by atoms with E-state index in [4.69, 9.17) is 14.6 Å². The molecule has 110 valence electrons. The third-order valence-electron chi connectivity index (χ3n) is 2.78. The third-order valence-corrected chi connectivity index (χ3v) is 2.78. The first-order chi connectivity index (χ1) is 9.49. The molecule has 1 amide bonds. The van der Waals surface area contributed by atoms with Crippen molar-refractivity contribution >= 4 is 11.9 Å². The summed E-state index contributed by atoms with van der Waals surface area (Å²) in [4.78, 5) is 22.6. The standard InChI is InChI=1S/C14H19NO5/c1-9(7-12(16)17)8-15-14(18)10-5-4-6-11(19-2)13(10)20-3/h4-6,9H,7-8H2,1-3H3,(H,15,18)(H,16,17). The lowest BCUT2D eigenvalue weighted by atomic mass is 10.1. The summed E-state index contributed by atoms with van der Waals surface area (Å²) >= 11 is 0. The van der Waals surface area contributed by atoms with Crippen molar-refractivity contribution < 1.29 is 24.2 Å². The highest BCUT2D eigenvalue weighted by atomic mass is 16.5. The molecule has 0 bridgehead atoms. The number of nitrogens with one attached hydrogen (secondary N) is 1. The molecular formula is C14H19NO5. The molecule has 6 heteroatoms. The van der Waals surface area contributed by atoms with Crippen LogP contribution in [0, 0.1) is 5.92 Å². The predicted molar refractivity (Wildman–Crippen MR) is 73.3 cm³/mol.